The van der Waals surface area contributed by atoms with Crippen molar-refractivity contribution in [2.45, 2.75) is 12.8 Å². The van der Waals surface area contributed by atoms with Gasteiger partial charge in [-0.3, -0.25) is 4.79 Å². The average molecular weight is 337 g/mol. The molecule has 2 heterocycles. The normalized spacial score (nSPS) is 16.9. The summed E-state index contributed by atoms with van der Waals surface area (Å²) in [6.45, 7) is 1.57. The molecule has 0 radical (unpaired) electrons. The van der Waals surface area contributed by atoms with Gasteiger partial charge in [0.05, 0.1) is 12.2 Å². The zero-order valence-electron chi connectivity index (χ0n) is 13.8. The first kappa shape index (κ1) is 16.8. The number of carbonyl (C=O) groups is 2. The predicted molar refractivity (Wildman–Crippen MR) is 90.9 cm³/mol. The third kappa shape index (κ3) is 4.07. The number of H-pyrrole nitrogens is 1. The molecule has 1 amide bonds. The van der Waals surface area contributed by atoms with Crippen molar-refractivity contribution in [2.75, 3.05) is 19.7 Å². The van der Waals surface area contributed by atoms with E-state index in [1.807, 2.05) is 41.3 Å². The topological polar surface area (TPSA) is 86.2 Å². The van der Waals surface area contributed by atoms with Crippen LogP contribution in [0, 0.1) is 17.2 Å². The lowest BCUT2D eigenvalue weighted by Crippen LogP contribution is -2.41. The Bertz CT molecular complexity index is 792. The molecule has 0 aliphatic carbocycles. The van der Waals surface area contributed by atoms with Crippen LogP contribution < -0.4 is 0 Å². The number of amides is 1. The number of hydrogen-bond acceptors (Lipinski definition) is 4. The summed E-state index contributed by atoms with van der Waals surface area (Å²) in [4.78, 5) is 29.1. The number of nitrogens with one attached hydrogen (secondary N) is 1. The number of aromatic nitrogens is 1. The summed E-state index contributed by atoms with van der Waals surface area (Å²) in [6.07, 6.45) is 3.28. The summed E-state index contributed by atoms with van der Waals surface area (Å²) in [5.74, 6) is -0.315. The molecule has 1 aromatic heterocycles. The van der Waals surface area contributed by atoms with E-state index in [2.05, 4.69) is 4.98 Å². The molecular weight excluding hydrogens is 318 g/mol. The highest BCUT2D eigenvalue weighted by Crippen LogP contribution is 2.19. The van der Waals surface area contributed by atoms with E-state index in [1.165, 1.54) is 12.3 Å². The third-order valence-corrected chi connectivity index (χ3v) is 4.32. The Labute approximate surface area is 146 Å². The van der Waals surface area contributed by atoms with Gasteiger partial charge >= 0.3 is 5.97 Å². The molecule has 0 saturated carbocycles. The second kappa shape index (κ2) is 7.67. The Morgan fingerprint density at radius 2 is 2.08 bits per heavy atom. The lowest BCUT2D eigenvalue weighted by atomic mass is 9.98. The van der Waals surface area contributed by atoms with Crippen LogP contribution in [0.4, 0.5) is 0 Å². The molecule has 1 atom stereocenters. The van der Waals surface area contributed by atoms with E-state index in [1.54, 1.807) is 0 Å². The van der Waals surface area contributed by atoms with Gasteiger partial charge in [-0.1, -0.05) is 18.2 Å². The summed E-state index contributed by atoms with van der Waals surface area (Å²) in [5.41, 5.74) is 1.34. The van der Waals surface area contributed by atoms with E-state index in [0.29, 0.717) is 23.4 Å². The minimum Gasteiger partial charge on any atom is -0.462 e. The summed E-state index contributed by atoms with van der Waals surface area (Å²) < 4.78 is 5.35. The van der Waals surface area contributed by atoms with Gasteiger partial charge in [-0.25, -0.2) is 4.79 Å². The number of ether oxygens (including phenoxy) is 1. The molecule has 1 fully saturated rings. The molecular formula is C19H19N3O3. The van der Waals surface area contributed by atoms with Crippen LogP contribution in [0.15, 0.2) is 42.6 Å². The Kier molecular flexibility index (Phi) is 5.14. The largest absolute Gasteiger partial charge is 0.462 e. The summed E-state index contributed by atoms with van der Waals surface area (Å²) >= 11 is 0. The first-order valence-corrected chi connectivity index (χ1v) is 8.27. The minimum atomic E-state index is -0.454. The van der Waals surface area contributed by atoms with Crippen molar-refractivity contribution in [3.63, 3.8) is 0 Å². The van der Waals surface area contributed by atoms with Crippen LogP contribution in [0.2, 0.25) is 0 Å². The lowest BCUT2D eigenvalue weighted by Gasteiger charge is -2.32. The highest BCUT2D eigenvalue weighted by molar-refractivity contribution is 5.94. The fourth-order valence-corrected chi connectivity index (χ4v) is 3.00. The second-order valence-corrected chi connectivity index (χ2v) is 6.14. The summed E-state index contributed by atoms with van der Waals surface area (Å²) in [5, 5.41) is 8.77. The first-order valence-electron chi connectivity index (χ1n) is 8.27. The maximum absolute atomic E-state index is 12.5. The average Bonchev–Trinajstić information content (AvgIpc) is 3.16. The van der Waals surface area contributed by atoms with E-state index < -0.39 is 5.97 Å². The third-order valence-electron chi connectivity index (χ3n) is 4.32. The molecule has 2 aromatic rings. The molecule has 1 N–H and O–H groups in total. The number of esters is 1. The Hall–Kier alpha value is -3.07. The molecule has 0 spiro atoms. The molecule has 1 aliphatic heterocycles. The van der Waals surface area contributed by atoms with Gasteiger partial charge in [0.15, 0.2) is 0 Å². The number of likely N-dealkylation sites (tertiary alicyclic amines) is 1. The molecule has 3 rings (SSSR count). The number of nitrogens with zero attached hydrogens (tertiary/aromatic N) is 2. The van der Waals surface area contributed by atoms with E-state index in [4.69, 9.17) is 10.00 Å². The van der Waals surface area contributed by atoms with Gasteiger partial charge in [0.2, 0.25) is 0 Å². The van der Waals surface area contributed by atoms with E-state index >= 15 is 0 Å². The number of piperidine rings is 1. The van der Waals surface area contributed by atoms with Crippen molar-refractivity contribution in [3.8, 4) is 6.07 Å². The monoisotopic (exact) mass is 337 g/mol. The van der Waals surface area contributed by atoms with Crippen LogP contribution in [0.1, 0.15) is 39.3 Å². The van der Waals surface area contributed by atoms with Gasteiger partial charge in [-0.15, -0.1) is 0 Å². The molecule has 25 heavy (non-hydrogen) atoms. The molecule has 1 unspecified atom stereocenters. The van der Waals surface area contributed by atoms with Gasteiger partial charge in [0.1, 0.15) is 11.8 Å². The maximum Gasteiger partial charge on any atom is 0.339 e. The van der Waals surface area contributed by atoms with Crippen molar-refractivity contribution in [2.24, 2.45) is 5.92 Å². The first-order chi connectivity index (χ1) is 12.2. The summed E-state index contributed by atoms with van der Waals surface area (Å²) in [7, 11) is 0. The molecule has 6 heteroatoms. The van der Waals surface area contributed by atoms with E-state index in [-0.39, 0.29) is 18.4 Å². The Balaban J connectivity index is 1.54. The number of carbonyl (C=O) groups excluding carboxylic acids is 2. The van der Waals surface area contributed by atoms with Crippen LogP contribution in [0.25, 0.3) is 0 Å². The van der Waals surface area contributed by atoms with E-state index in [9.17, 15) is 9.59 Å². The fourth-order valence-electron chi connectivity index (χ4n) is 3.00. The van der Waals surface area contributed by atoms with Gasteiger partial charge in [0, 0.05) is 30.8 Å². The minimum absolute atomic E-state index is 0.0147. The number of benzene rings is 1. The van der Waals surface area contributed by atoms with Crippen LogP contribution in [0.5, 0.6) is 0 Å². The van der Waals surface area contributed by atoms with Gasteiger partial charge in [-0.05, 0) is 31.0 Å². The van der Waals surface area contributed by atoms with Crippen molar-refractivity contribution in [3.05, 3.63) is 59.4 Å². The van der Waals surface area contributed by atoms with Crippen molar-refractivity contribution >= 4 is 11.9 Å². The highest BCUT2D eigenvalue weighted by Gasteiger charge is 2.25. The number of nitriles is 1. The zero-order chi connectivity index (χ0) is 17.6. The standard InChI is InChI=1S/C19H19N3O3/c20-10-17-9-16(11-21-17)19(24)25-13-14-5-4-8-22(12-14)18(23)15-6-2-1-3-7-15/h1-3,6-7,9,11,14,21H,4-5,8,12-13H2. The molecule has 1 saturated heterocycles. The quantitative estimate of drug-likeness (QED) is 0.869. The van der Waals surface area contributed by atoms with Gasteiger partial charge < -0.3 is 14.6 Å². The summed E-state index contributed by atoms with van der Waals surface area (Å²) in [6, 6.07) is 12.6. The van der Waals surface area contributed by atoms with Crippen molar-refractivity contribution < 1.29 is 14.3 Å². The molecule has 0 bridgehead atoms. The molecule has 128 valence electrons. The maximum atomic E-state index is 12.5. The molecule has 6 nitrogen and oxygen atoms in total. The Morgan fingerprint density at radius 1 is 1.28 bits per heavy atom. The Morgan fingerprint density at radius 3 is 2.80 bits per heavy atom. The zero-order valence-corrected chi connectivity index (χ0v) is 13.8. The van der Waals surface area contributed by atoms with E-state index in [0.717, 1.165) is 19.4 Å². The lowest BCUT2D eigenvalue weighted by molar-refractivity contribution is 0.0342. The molecule has 1 aliphatic rings. The van der Waals surface area contributed by atoms with Gasteiger partial charge in [0.25, 0.3) is 5.91 Å². The van der Waals surface area contributed by atoms with Crippen LogP contribution in [0.3, 0.4) is 0 Å². The van der Waals surface area contributed by atoms with Crippen LogP contribution in [-0.4, -0.2) is 41.5 Å². The smallest absolute Gasteiger partial charge is 0.339 e. The van der Waals surface area contributed by atoms with Crippen molar-refractivity contribution in [1.29, 1.82) is 5.26 Å². The van der Waals surface area contributed by atoms with Crippen LogP contribution >= 0.6 is 0 Å². The highest BCUT2D eigenvalue weighted by atomic mass is 16.5. The fraction of sp³-hybridized carbons (Fsp3) is 0.316. The number of aromatic amines is 1. The number of hydrogen-bond donors (Lipinski definition) is 1. The van der Waals surface area contributed by atoms with Gasteiger partial charge in [-0.2, -0.15) is 5.26 Å². The number of rotatable bonds is 4. The predicted octanol–water partition coefficient (Wildman–Crippen LogP) is 2.60. The van der Waals surface area contributed by atoms with Crippen LogP contribution in [-0.2, 0) is 4.74 Å². The molecule has 1 aromatic carbocycles. The second-order valence-electron chi connectivity index (χ2n) is 6.14. The van der Waals surface area contributed by atoms with Crippen molar-refractivity contribution in [1.82, 2.24) is 9.88 Å². The SMILES string of the molecule is N#Cc1cc(C(=O)OCC2CCCN(C(=O)c3ccccc3)C2)c[nH]1.